The number of carbonyl (C=O) groups is 1. The van der Waals surface area contributed by atoms with E-state index in [-0.39, 0.29) is 11.7 Å². The zero-order valence-electron chi connectivity index (χ0n) is 15.2. The molecule has 3 aromatic rings. The van der Waals surface area contributed by atoms with E-state index in [0.717, 1.165) is 17.7 Å². The molecule has 0 bridgehead atoms. The van der Waals surface area contributed by atoms with Crippen molar-refractivity contribution in [2.45, 2.75) is 26.8 Å². The van der Waals surface area contributed by atoms with Crippen molar-refractivity contribution < 1.29 is 13.9 Å². The van der Waals surface area contributed by atoms with Gasteiger partial charge in [-0.3, -0.25) is 9.89 Å². The van der Waals surface area contributed by atoms with E-state index in [4.69, 9.17) is 4.74 Å². The van der Waals surface area contributed by atoms with Crippen LogP contribution in [0, 0.1) is 11.7 Å². The molecule has 1 amide bonds. The van der Waals surface area contributed by atoms with Crippen molar-refractivity contribution >= 4 is 5.91 Å². The van der Waals surface area contributed by atoms with Gasteiger partial charge in [0.1, 0.15) is 17.3 Å². The van der Waals surface area contributed by atoms with E-state index in [9.17, 15) is 9.18 Å². The summed E-state index contributed by atoms with van der Waals surface area (Å²) in [7, 11) is 0. The van der Waals surface area contributed by atoms with Gasteiger partial charge >= 0.3 is 0 Å². The number of halogens is 1. The second-order valence-electron chi connectivity index (χ2n) is 6.62. The second-order valence-corrected chi connectivity index (χ2v) is 6.62. The molecule has 2 aromatic heterocycles. The summed E-state index contributed by atoms with van der Waals surface area (Å²) in [5.41, 5.74) is 2.14. The lowest BCUT2D eigenvalue weighted by Gasteiger charge is -2.06. The Kier molecular flexibility index (Phi) is 5.80. The predicted molar refractivity (Wildman–Crippen MR) is 99.0 cm³/mol. The van der Waals surface area contributed by atoms with Crippen LogP contribution in [-0.2, 0) is 13.0 Å². The average molecular weight is 368 g/mol. The third-order valence-electron chi connectivity index (χ3n) is 3.78. The molecule has 0 aliphatic carbocycles. The number of amides is 1. The fraction of sp³-hybridized carbons (Fsp3) is 0.250. The maximum absolute atomic E-state index is 12.9. The summed E-state index contributed by atoms with van der Waals surface area (Å²) in [4.78, 5) is 16.4. The highest BCUT2D eigenvalue weighted by molar-refractivity contribution is 5.92. The number of hydrogen-bond acceptors (Lipinski definition) is 4. The number of hydrogen-bond donors (Lipinski definition) is 2. The maximum atomic E-state index is 12.9. The van der Waals surface area contributed by atoms with Crippen LogP contribution in [0.4, 0.5) is 4.39 Å². The number of ether oxygens (including phenoxy) is 1. The van der Waals surface area contributed by atoms with Crippen molar-refractivity contribution in [3.05, 3.63) is 71.4 Å². The van der Waals surface area contributed by atoms with Gasteiger partial charge in [0, 0.05) is 24.5 Å². The second kappa shape index (κ2) is 8.44. The monoisotopic (exact) mass is 368 g/mol. The van der Waals surface area contributed by atoms with Crippen LogP contribution in [0.25, 0.3) is 0 Å². The molecule has 0 spiro atoms. The summed E-state index contributed by atoms with van der Waals surface area (Å²) >= 11 is 0. The lowest BCUT2D eigenvalue weighted by molar-refractivity contribution is 0.0946. The molecule has 0 saturated carbocycles. The third kappa shape index (κ3) is 5.37. The Morgan fingerprint density at radius 3 is 2.67 bits per heavy atom. The van der Waals surface area contributed by atoms with Crippen molar-refractivity contribution in [1.29, 1.82) is 0 Å². The minimum Gasteiger partial charge on any atom is -0.439 e. The zero-order valence-corrected chi connectivity index (χ0v) is 15.2. The van der Waals surface area contributed by atoms with Crippen molar-refractivity contribution in [1.82, 2.24) is 20.5 Å². The van der Waals surface area contributed by atoms with Crippen LogP contribution >= 0.6 is 0 Å². The van der Waals surface area contributed by atoms with Gasteiger partial charge in [-0.15, -0.1) is 0 Å². The fourth-order valence-electron chi connectivity index (χ4n) is 2.49. The van der Waals surface area contributed by atoms with Crippen LogP contribution in [0.5, 0.6) is 11.6 Å². The first-order valence-corrected chi connectivity index (χ1v) is 8.70. The van der Waals surface area contributed by atoms with Crippen LogP contribution in [0.2, 0.25) is 0 Å². The first kappa shape index (κ1) is 18.6. The van der Waals surface area contributed by atoms with E-state index in [1.54, 1.807) is 24.4 Å². The number of aromatic amines is 1. The molecule has 2 heterocycles. The van der Waals surface area contributed by atoms with Crippen molar-refractivity contribution in [2.24, 2.45) is 5.92 Å². The Labute approximate surface area is 156 Å². The lowest BCUT2D eigenvalue weighted by Crippen LogP contribution is -2.23. The van der Waals surface area contributed by atoms with E-state index in [0.29, 0.717) is 29.8 Å². The maximum Gasteiger partial charge on any atom is 0.272 e. The van der Waals surface area contributed by atoms with Crippen LogP contribution in [0.15, 0.2) is 48.7 Å². The Morgan fingerprint density at radius 1 is 1.22 bits per heavy atom. The first-order chi connectivity index (χ1) is 13.0. The number of aromatic nitrogens is 3. The molecule has 27 heavy (non-hydrogen) atoms. The molecule has 0 saturated heterocycles. The Balaban J connectivity index is 1.53. The number of nitrogens with zero attached hydrogens (tertiary/aromatic N) is 2. The Bertz CT molecular complexity index is 889. The van der Waals surface area contributed by atoms with E-state index in [1.807, 2.05) is 0 Å². The molecule has 0 atom stereocenters. The van der Waals surface area contributed by atoms with E-state index in [1.165, 1.54) is 24.3 Å². The van der Waals surface area contributed by atoms with Gasteiger partial charge in [-0.1, -0.05) is 19.9 Å². The molecule has 2 N–H and O–H groups in total. The van der Waals surface area contributed by atoms with Crippen LogP contribution in [0.1, 0.15) is 35.6 Å². The highest BCUT2D eigenvalue weighted by Crippen LogP contribution is 2.19. The van der Waals surface area contributed by atoms with Crippen LogP contribution < -0.4 is 10.1 Å². The Hall–Kier alpha value is -3.22. The average Bonchev–Trinajstić information content (AvgIpc) is 3.10. The number of H-pyrrole nitrogens is 1. The van der Waals surface area contributed by atoms with Gasteiger partial charge in [0.25, 0.3) is 5.91 Å². The highest BCUT2D eigenvalue weighted by atomic mass is 19.1. The topological polar surface area (TPSA) is 79.9 Å². The highest BCUT2D eigenvalue weighted by Gasteiger charge is 2.11. The number of pyridine rings is 1. The van der Waals surface area contributed by atoms with Gasteiger partial charge in [0.15, 0.2) is 0 Å². The molecule has 3 rings (SSSR count). The van der Waals surface area contributed by atoms with Gasteiger partial charge in [-0.25, -0.2) is 9.37 Å². The quantitative estimate of drug-likeness (QED) is 0.664. The lowest BCUT2D eigenvalue weighted by atomic mass is 10.1. The van der Waals surface area contributed by atoms with Crippen LogP contribution in [-0.4, -0.2) is 21.1 Å². The smallest absolute Gasteiger partial charge is 0.272 e. The minimum atomic E-state index is -0.324. The van der Waals surface area contributed by atoms with Crippen molar-refractivity contribution in [2.75, 3.05) is 0 Å². The predicted octanol–water partition coefficient (Wildman–Crippen LogP) is 3.86. The van der Waals surface area contributed by atoms with E-state index in [2.05, 4.69) is 34.3 Å². The molecule has 0 aliphatic rings. The standard InChI is InChI=1S/C20H21FN4O2/c1-13(2)9-16-10-18(25-24-16)20(26)23-12-14-3-8-19(22-11-14)27-17-6-4-15(21)5-7-17/h3-8,10-11,13H,9,12H2,1-2H3,(H,23,26)(H,24,25). The third-order valence-corrected chi connectivity index (χ3v) is 3.78. The fourth-order valence-corrected chi connectivity index (χ4v) is 2.49. The van der Waals surface area contributed by atoms with E-state index >= 15 is 0 Å². The molecule has 1 aromatic carbocycles. The minimum absolute atomic E-state index is 0.243. The van der Waals surface area contributed by atoms with Crippen molar-refractivity contribution in [3.8, 4) is 11.6 Å². The molecule has 6 nitrogen and oxygen atoms in total. The summed E-state index contributed by atoms with van der Waals surface area (Å²) in [6.45, 7) is 4.54. The largest absolute Gasteiger partial charge is 0.439 e. The number of rotatable bonds is 7. The van der Waals surface area contributed by atoms with Crippen LogP contribution in [0.3, 0.4) is 0 Å². The van der Waals surface area contributed by atoms with E-state index < -0.39 is 0 Å². The normalized spacial score (nSPS) is 10.8. The molecular weight excluding hydrogens is 347 g/mol. The summed E-state index contributed by atoms with van der Waals surface area (Å²) in [6, 6.07) is 11.0. The van der Waals surface area contributed by atoms with Gasteiger partial charge in [-0.05, 0) is 48.2 Å². The summed E-state index contributed by atoms with van der Waals surface area (Å²) in [5.74, 6) is 0.814. The molecule has 7 heteroatoms. The van der Waals surface area contributed by atoms with Gasteiger partial charge in [0.05, 0.1) is 0 Å². The summed E-state index contributed by atoms with van der Waals surface area (Å²) in [5, 5.41) is 9.75. The van der Waals surface area contributed by atoms with Crippen molar-refractivity contribution in [3.63, 3.8) is 0 Å². The van der Waals surface area contributed by atoms with Gasteiger partial charge in [-0.2, -0.15) is 5.10 Å². The summed E-state index contributed by atoms with van der Waals surface area (Å²) < 4.78 is 18.4. The molecule has 0 unspecified atom stereocenters. The molecule has 0 aliphatic heterocycles. The molecule has 0 fully saturated rings. The van der Waals surface area contributed by atoms with Gasteiger partial charge < -0.3 is 10.1 Å². The zero-order chi connectivity index (χ0) is 19.2. The molecule has 0 radical (unpaired) electrons. The number of carbonyl (C=O) groups excluding carboxylic acids is 1. The molecule has 140 valence electrons. The SMILES string of the molecule is CC(C)Cc1cc(C(=O)NCc2ccc(Oc3ccc(F)cc3)nc2)n[nH]1. The van der Waals surface area contributed by atoms with Gasteiger partial charge in [0.2, 0.25) is 5.88 Å². The molecular formula is C20H21FN4O2. The Morgan fingerprint density at radius 2 is 2.00 bits per heavy atom. The number of nitrogens with one attached hydrogen (secondary N) is 2. The summed E-state index contributed by atoms with van der Waals surface area (Å²) in [6.07, 6.45) is 2.47. The first-order valence-electron chi connectivity index (χ1n) is 8.70. The number of benzene rings is 1.